The number of halogens is 3. The van der Waals surface area contributed by atoms with Crippen LogP contribution in [0.5, 0.6) is 0 Å². The number of rotatable bonds is 6. The van der Waals surface area contributed by atoms with Crippen LogP contribution < -0.4 is 10.6 Å². The molecule has 1 aromatic heterocycles. The molecule has 0 aliphatic rings. The molecule has 3 rings (SSSR count). The molecule has 7 heteroatoms. The van der Waals surface area contributed by atoms with Crippen LogP contribution in [-0.4, -0.2) is 17.4 Å². The van der Waals surface area contributed by atoms with Gasteiger partial charge in [0, 0.05) is 6.54 Å². The summed E-state index contributed by atoms with van der Waals surface area (Å²) in [5.74, 6) is -2.13. The summed E-state index contributed by atoms with van der Waals surface area (Å²) in [5.41, 5.74) is 1.14. The summed E-state index contributed by atoms with van der Waals surface area (Å²) in [6, 6.07) is 12.6. The van der Waals surface area contributed by atoms with Crippen LogP contribution in [0, 0.1) is 17.5 Å². The molecule has 1 amide bonds. The highest BCUT2D eigenvalue weighted by atomic mass is 19.1. The largest absolute Gasteiger partial charge is 0.350 e. The molecule has 0 radical (unpaired) electrons. The van der Waals surface area contributed by atoms with Crippen molar-refractivity contribution in [2.45, 2.75) is 6.42 Å². The number of anilines is 2. The van der Waals surface area contributed by atoms with Gasteiger partial charge in [0.1, 0.15) is 28.8 Å². The number of benzene rings is 2. The minimum Gasteiger partial charge on any atom is -0.350 e. The van der Waals surface area contributed by atoms with Gasteiger partial charge < -0.3 is 10.6 Å². The molecule has 0 bridgehead atoms. The second-order valence-corrected chi connectivity index (χ2v) is 5.79. The quantitative estimate of drug-likeness (QED) is 0.682. The van der Waals surface area contributed by atoms with E-state index in [-0.39, 0.29) is 23.1 Å². The van der Waals surface area contributed by atoms with E-state index < -0.39 is 11.6 Å². The molecule has 2 aromatic carbocycles. The summed E-state index contributed by atoms with van der Waals surface area (Å²) in [6.07, 6.45) is 1.87. The first-order valence-electron chi connectivity index (χ1n) is 8.22. The van der Waals surface area contributed by atoms with E-state index >= 15 is 0 Å². The Morgan fingerprint density at radius 3 is 2.26 bits per heavy atom. The second-order valence-electron chi connectivity index (χ2n) is 5.79. The Hall–Kier alpha value is -3.35. The van der Waals surface area contributed by atoms with Crippen molar-refractivity contribution < 1.29 is 18.0 Å². The summed E-state index contributed by atoms with van der Waals surface area (Å²) < 4.78 is 40.1. The molecule has 2 N–H and O–H groups in total. The van der Waals surface area contributed by atoms with E-state index in [0.29, 0.717) is 18.7 Å². The third kappa shape index (κ3) is 4.84. The lowest BCUT2D eigenvalue weighted by atomic mass is 10.1. The molecule has 0 aliphatic carbocycles. The van der Waals surface area contributed by atoms with Crippen molar-refractivity contribution in [3.8, 4) is 0 Å². The Bertz CT molecular complexity index is 908. The number of carbonyl (C=O) groups is 1. The topological polar surface area (TPSA) is 54.0 Å². The van der Waals surface area contributed by atoms with Gasteiger partial charge in [0.15, 0.2) is 0 Å². The van der Waals surface area contributed by atoms with Crippen LogP contribution in [0.4, 0.5) is 24.5 Å². The van der Waals surface area contributed by atoms with Crippen LogP contribution in [-0.2, 0) is 6.42 Å². The van der Waals surface area contributed by atoms with E-state index in [1.807, 2.05) is 0 Å². The summed E-state index contributed by atoms with van der Waals surface area (Å²) in [4.78, 5) is 16.1. The molecule has 0 saturated heterocycles. The van der Waals surface area contributed by atoms with E-state index in [2.05, 4.69) is 15.6 Å². The first kappa shape index (κ1) is 18.4. The molecule has 0 aliphatic heterocycles. The molecule has 0 spiro atoms. The van der Waals surface area contributed by atoms with Crippen molar-refractivity contribution in [2.75, 3.05) is 11.9 Å². The molecule has 3 aromatic rings. The number of hydrogen-bond acceptors (Lipinski definition) is 3. The number of pyridine rings is 1. The van der Waals surface area contributed by atoms with Crippen LogP contribution in [0.3, 0.4) is 0 Å². The molecule has 27 heavy (non-hydrogen) atoms. The van der Waals surface area contributed by atoms with Crippen LogP contribution in [0.25, 0.3) is 0 Å². The maximum Gasteiger partial charge on any atom is 0.269 e. The summed E-state index contributed by atoms with van der Waals surface area (Å²) >= 11 is 0. The lowest BCUT2D eigenvalue weighted by molar-refractivity contribution is 0.0949. The van der Waals surface area contributed by atoms with Gasteiger partial charge in [-0.2, -0.15) is 0 Å². The Balaban J connectivity index is 1.56. The van der Waals surface area contributed by atoms with Crippen LogP contribution in [0.15, 0.2) is 60.8 Å². The van der Waals surface area contributed by atoms with Gasteiger partial charge in [-0.15, -0.1) is 0 Å². The third-order valence-corrected chi connectivity index (χ3v) is 3.84. The van der Waals surface area contributed by atoms with Crippen molar-refractivity contribution >= 4 is 17.3 Å². The Morgan fingerprint density at radius 2 is 1.63 bits per heavy atom. The number of nitrogens with zero attached hydrogens (tertiary/aromatic N) is 1. The number of para-hydroxylation sites is 1. The van der Waals surface area contributed by atoms with Gasteiger partial charge in [-0.3, -0.25) is 4.79 Å². The fraction of sp³-hybridized carbons (Fsp3) is 0.100. The maximum absolute atomic E-state index is 13.6. The normalized spacial score (nSPS) is 10.5. The van der Waals surface area contributed by atoms with Gasteiger partial charge in [-0.25, -0.2) is 18.2 Å². The molecule has 1 heterocycles. The van der Waals surface area contributed by atoms with E-state index in [9.17, 15) is 18.0 Å². The second kappa shape index (κ2) is 8.35. The highest BCUT2D eigenvalue weighted by molar-refractivity contribution is 5.92. The predicted molar refractivity (Wildman–Crippen MR) is 96.3 cm³/mol. The average Bonchev–Trinajstić information content (AvgIpc) is 2.67. The fourth-order valence-electron chi connectivity index (χ4n) is 2.43. The van der Waals surface area contributed by atoms with E-state index in [0.717, 1.165) is 17.7 Å². The molecule has 0 unspecified atom stereocenters. The van der Waals surface area contributed by atoms with Crippen molar-refractivity contribution in [3.05, 3.63) is 89.5 Å². The number of nitrogens with one attached hydrogen (secondary N) is 2. The predicted octanol–water partition coefficient (Wildman–Crippen LogP) is 4.22. The zero-order valence-corrected chi connectivity index (χ0v) is 14.2. The molecule has 0 saturated carbocycles. The van der Waals surface area contributed by atoms with Gasteiger partial charge in [-0.1, -0.05) is 18.2 Å². The molecule has 138 valence electrons. The minimum absolute atomic E-state index is 0.175. The molecule has 0 fully saturated rings. The molecule has 0 atom stereocenters. The van der Waals surface area contributed by atoms with Gasteiger partial charge in [-0.05, 0) is 48.4 Å². The fourth-order valence-corrected chi connectivity index (χ4v) is 2.43. The number of hydrogen-bond donors (Lipinski definition) is 2. The maximum atomic E-state index is 13.6. The summed E-state index contributed by atoms with van der Waals surface area (Å²) in [5, 5.41) is 5.31. The Kier molecular flexibility index (Phi) is 5.71. The Labute approximate surface area is 154 Å². The minimum atomic E-state index is -0.724. The van der Waals surface area contributed by atoms with Crippen LogP contribution in [0.2, 0.25) is 0 Å². The smallest absolute Gasteiger partial charge is 0.269 e. The van der Waals surface area contributed by atoms with Gasteiger partial charge in [0.2, 0.25) is 0 Å². The van der Waals surface area contributed by atoms with E-state index in [4.69, 9.17) is 0 Å². The standard InChI is InChI=1S/C20H16F3N3O/c21-14-6-4-13(5-7-14)10-11-24-20(27)18-9-8-15(12-25-18)26-19-16(22)2-1-3-17(19)23/h1-9,12,26H,10-11H2,(H,24,27). The van der Waals surface area contributed by atoms with Gasteiger partial charge in [0.05, 0.1) is 11.9 Å². The average molecular weight is 371 g/mol. The number of aromatic nitrogens is 1. The van der Waals surface area contributed by atoms with Crippen molar-refractivity contribution in [1.82, 2.24) is 10.3 Å². The zero-order chi connectivity index (χ0) is 19.2. The SMILES string of the molecule is O=C(NCCc1ccc(F)cc1)c1ccc(Nc2c(F)cccc2F)cn1. The van der Waals surface area contributed by atoms with E-state index in [1.165, 1.54) is 36.5 Å². The summed E-state index contributed by atoms with van der Waals surface area (Å²) in [7, 11) is 0. The zero-order valence-electron chi connectivity index (χ0n) is 14.2. The first-order chi connectivity index (χ1) is 13.0. The van der Waals surface area contributed by atoms with E-state index in [1.54, 1.807) is 12.1 Å². The lowest BCUT2D eigenvalue weighted by Crippen LogP contribution is -2.26. The highest BCUT2D eigenvalue weighted by Crippen LogP contribution is 2.22. The highest BCUT2D eigenvalue weighted by Gasteiger charge is 2.10. The summed E-state index contributed by atoms with van der Waals surface area (Å²) in [6.45, 7) is 0.368. The van der Waals surface area contributed by atoms with Crippen molar-refractivity contribution in [3.63, 3.8) is 0 Å². The third-order valence-electron chi connectivity index (χ3n) is 3.84. The molecule has 4 nitrogen and oxygen atoms in total. The van der Waals surface area contributed by atoms with Gasteiger partial charge >= 0.3 is 0 Å². The monoisotopic (exact) mass is 371 g/mol. The van der Waals surface area contributed by atoms with Crippen molar-refractivity contribution in [2.24, 2.45) is 0 Å². The molecular formula is C20H16F3N3O. The first-order valence-corrected chi connectivity index (χ1v) is 8.22. The number of amides is 1. The van der Waals surface area contributed by atoms with Crippen LogP contribution >= 0.6 is 0 Å². The molecular weight excluding hydrogens is 355 g/mol. The van der Waals surface area contributed by atoms with Gasteiger partial charge in [0.25, 0.3) is 5.91 Å². The van der Waals surface area contributed by atoms with Crippen LogP contribution in [0.1, 0.15) is 16.1 Å². The Morgan fingerprint density at radius 1 is 0.926 bits per heavy atom. The number of carbonyl (C=O) groups excluding carboxylic acids is 1. The lowest BCUT2D eigenvalue weighted by Gasteiger charge is -2.09. The van der Waals surface area contributed by atoms with Crippen molar-refractivity contribution in [1.29, 1.82) is 0 Å².